The topological polar surface area (TPSA) is 45.4 Å². The van der Waals surface area contributed by atoms with Crippen molar-refractivity contribution in [3.05, 3.63) is 23.9 Å². The molecule has 4 nitrogen and oxygen atoms in total. The highest BCUT2D eigenvalue weighted by Gasteiger charge is 2.29. The van der Waals surface area contributed by atoms with E-state index in [1.165, 1.54) is 38.8 Å². The lowest BCUT2D eigenvalue weighted by atomic mass is 10.1. The Morgan fingerprint density at radius 2 is 2.00 bits per heavy atom. The molecule has 0 aromatic carbocycles. The van der Waals surface area contributed by atoms with Gasteiger partial charge in [-0.3, -0.25) is 4.90 Å². The molecular weight excluding hydrogens is 268 g/mol. The van der Waals surface area contributed by atoms with Crippen molar-refractivity contribution in [2.75, 3.05) is 31.1 Å². The Bertz CT molecular complexity index is 485. The molecule has 5 heteroatoms. The van der Waals surface area contributed by atoms with E-state index in [1.54, 1.807) is 0 Å². The molecule has 3 rings (SSSR count). The number of thiocarbonyl (C=S) groups is 1. The molecule has 1 aromatic heterocycles. The molecule has 108 valence electrons. The lowest BCUT2D eigenvalue weighted by Crippen LogP contribution is -2.41. The zero-order valence-electron chi connectivity index (χ0n) is 11.8. The Hall–Kier alpha value is -1.20. The lowest BCUT2D eigenvalue weighted by Gasteiger charge is -2.32. The first-order valence-corrected chi connectivity index (χ1v) is 7.91. The van der Waals surface area contributed by atoms with Gasteiger partial charge in [0.1, 0.15) is 10.8 Å². The molecule has 0 aliphatic carbocycles. The van der Waals surface area contributed by atoms with Crippen LogP contribution in [-0.2, 0) is 0 Å². The number of aromatic nitrogens is 1. The van der Waals surface area contributed by atoms with Gasteiger partial charge in [0.2, 0.25) is 0 Å². The number of rotatable bonds is 3. The van der Waals surface area contributed by atoms with E-state index in [0.717, 1.165) is 24.6 Å². The van der Waals surface area contributed by atoms with Crippen LogP contribution in [0.1, 0.15) is 31.4 Å². The van der Waals surface area contributed by atoms with Crippen LogP contribution >= 0.6 is 12.2 Å². The van der Waals surface area contributed by atoms with E-state index >= 15 is 0 Å². The van der Waals surface area contributed by atoms with E-state index in [0.29, 0.717) is 11.0 Å². The summed E-state index contributed by atoms with van der Waals surface area (Å²) >= 11 is 5.01. The average molecular weight is 290 g/mol. The van der Waals surface area contributed by atoms with E-state index in [2.05, 4.69) is 20.9 Å². The highest BCUT2D eigenvalue weighted by molar-refractivity contribution is 7.80. The maximum atomic E-state index is 5.67. The first kappa shape index (κ1) is 13.8. The van der Waals surface area contributed by atoms with Crippen LogP contribution in [0.25, 0.3) is 0 Å². The van der Waals surface area contributed by atoms with Gasteiger partial charge < -0.3 is 10.6 Å². The van der Waals surface area contributed by atoms with Gasteiger partial charge in [-0.1, -0.05) is 24.7 Å². The fourth-order valence-corrected chi connectivity index (χ4v) is 3.38. The van der Waals surface area contributed by atoms with Gasteiger partial charge in [-0.05, 0) is 44.5 Å². The van der Waals surface area contributed by atoms with Gasteiger partial charge in [0.25, 0.3) is 0 Å². The molecule has 0 saturated carbocycles. The molecule has 2 saturated heterocycles. The summed E-state index contributed by atoms with van der Waals surface area (Å²) in [4.78, 5) is 9.96. The maximum Gasteiger partial charge on any atom is 0.129 e. The van der Waals surface area contributed by atoms with Gasteiger partial charge in [-0.15, -0.1) is 0 Å². The third kappa shape index (κ3) is 2.94. The van der Waals surface area contributed by atoms with Crippen LogP contribution < -0.4 is 10.6 Å². The van der Waals surface area contributed by atoms with Gasteiger partial charge in [0.15, 0.2) is 0 Å². The van der Waals surface area contributed by atoms with Crippen molar-refractivity contribution in [1.82, 2.24) is 9.88 Å². The Kier molecular flexibility index (Phi) is 4.17. The molecule has 1 aromatic rings. The highest BCUT2D eigenvalue weighted by Crippen LogP contribution is 2.24. The van der Waals surface area contributed by atoms with Crippen molar-refractivity contribution in [3.8, 4) is 0 Å². The SMILES string of the molecule is NC(=S)c1cccc(N2CCC(N3CCCCC3)C2)n1. The zero-order valence-corrected chi connectivity index (χ0v) is 12.6. The van der Waals surface area contributed by atoms with Crippen molar-refractivity contribution in [1.29, 1.82) is 0 Å². The lowest BCUT2D eigenvalue weighted by molar-refractivity contribution is 0.175. The molecule has 1 unspecified atom stereocenters. The van der Waals surface area contributed by atoms with Crippen LogP contribution in [0.2, 0.25) is 0 Å². The highest BCUT2D eigenvalue weighted by atomic mass is 32.1. The summed E-state index contributed by atoms with van der Waals surface area (Å²) in [7, 11) is 0. The number of nitrogens with two attached hydrogens (primary N) is 1. The molecule has 1 atom stereocenters. The Labute approximate surface area is 126 Å². The quantitative estimate of drug-likeness (QED) is 0.860. The number of nitrogens with zero attached hydrogens (tertiary/aromatic N) is 3. The maximum absolute atomic E-state index is 5.67. The number of likely N-dealkylation sites (tertiary alicyclic amines) is 1. The predicted octanol–water partition coefficient (Wildman–Crippen LogP) is 1.78. The summed E-state index contributed by atoms with van der Waals surface area (Å²) in [6.07, 6.45) is 5.33. The summed E-state index contributed by atoms with van der Waals surface area (Å²) in [5.41, 5.74) is 6.39. The van der Waals surface area contributed by atoms with Gasteiger partial charge in [-0.25, -0.2) is 4.98 Å². The summed E-state index contributed by atoms with van der Waals surface area (Å²) in [5.74, 6) is 1.01. The molecule has 3 heterocycles. The van der Waals surface area contributed by atoms with Gasteiger partial charge in [0, 0.05) is 19.1 Å². The van der Waals surface area contributed by atoms with E-state index in [1.807, 2.05) is 12.1 Å². The first-order chi connectivity index (χ1) is 9.74. The van der Waals surface area contributed by atoms with E-state index in [9.17, 15) is 0 Å². The molecule has 0 bridgehead atoms. The second-order valence-corrected chi connectivity index (χ2v) is 6.17. The molecule has 2 aliphatic heterocycles. The molecule has 0 spiro atoms. The minimum atomic E-state index is 0.374. The largest absolute Gasteiger partial charge is 0.388 e. The monoisotopic (exact) mass is 290 g/mol. The van der Waals surface area contributed by atoms with Crippen molar-refractivity contribution in [2.24, 2.45) is 5.73 Å². The molecule has 0 radical (unpaired) electrons. The minimum absolute atomic E-state index is 0.374. The third-order valence-electron chi connectivity index (χ3n) is 4.38. The Balaban J connectivity index is 1.67. The first-order valence-electron chi connectivity index (χ1n) is 7.50. The minimum Gasteiger partial charge on any atom is -0.388 e. The molecule has 0 amide bonds. The fraction of sp³-hybridized carbons (Fsp3) is 0.600. The second-order valence-electron chi connectivity index (χ2n) is 5.73. The van der Waals surface area contributed by atoms with E-state index in [-0.39, 0.29) is 0 Å². The molecule has 2 N–H and O–H groups in total. The van der Waals surface area contributed by atoms with E-state index in [4.69, 9.17) is 18.0 Å². The van der Waals surface area contributed by atoms with Crippen LogP contribution in [0.3, 0.4) is 0 Å². The second kappa shape index (κ2) is 6.06. The van der Waals surface area contributed by atoms with Crippen molar-refractivity contribution in [3.63, 3.8) is 0 Å². The van der Waals surface area contributed by atoms with Crippen LogP contribution in [0.5, 0.6) is 0 Å². The van der Waals surface area contributed by atoms with Gasteiger partial charge in [-0.2, -0.15) is 0 Å². The van der Waals surface area contributed by atoms with Gasteiger partial charge >= 0.3 is 0 Å². The van der Waals surface area contributed by atoms with Crippen LogP contribution in [0.15, 0.2) is 18.2 Å². The number of hydrogen-bond acceptors (Lipinski definition) is 4. The molecule has 20 heavy (non-hydrogen) atoms. The van der Waals surface area contributed by atoms with Crippen LogP contribution in [0.4, 0.5) is 5.82 Å². The molecular formula is C15H22N4S. The standard InChI is InChI=1S/C15H22N4S/c16-15(20)13-5-4-6-14(17-13)19-10-7-12(11-19)18-8-2-1-3-9-18/h4-6,12H,1-3,7-11H2,(H2,16,20). The van der Waals surface area contributed by atoms with E-state index < -0.39 is 0 Å². The zero-order chi connectivity index (χ0) is 13.9. The average Bonchev–Trinajstić information content (AvgIpc) is 2.98. The summed E-state index contributed by atoms with van der Waals surface area (Å²) < 4.78 is 0. The summed E-state index contributed by atoms with van der Waals surface area (Å²) in [6, 6.07) is 6.61. The van der Waals surface area contributed by atoms with Crippen molar-refractivity contribution >= 4 is 23.0 Å². The smallest absolute Gasteiger partial charge is 0.129 e. The number of hydrogen-bond donors (Lipinski definition) is 1. The normalized spacial score (nSPS) is 24.0. The molecule has 2 aliphatic rings. The van der Waals surface area contributed by atoms with Crippen LogP contribution in [-0.4, -0.2) is 47.1 Å². The molecule has 2 fully saturated rings. The number of pyridine rings is 1. The summed E-state index contributed by atoms with van der Waals surface area (Å²) in [6.45, 7) is 4.68. The Morgan fingerprint density at radius 1 is 1.20 bits per heavy atom. The number of anilines is 1. The predicted molar refractivity (Wildman–Crippen MR) is 86.2 cm³/mol. The van der Waals surface area contributed by atoms with Crippen LogP contribution in [0, 0.1) is 0 Å². The number of piperidine rings is 1. The Morgan fingerprint density at radius 3 is 2.75 bits per heavy atom. The van der Waals surface area contributed by atoms with Crippen molar-refractivity contribution < 1.29 is 0 Å². The third-order valence-corrected chi connectivity index (χ3v) is 4.59. The fourth-order valence-electron chi connectivity index (χ4n) is 3.27. The van der Waals surface area contributed by atoms with Gasteiger partial charge in [0.05, 0.1) is 5.69 Å². The van der Waals surface area contributed by atoms with Crippen molar-refractivity contribution in [2.45, 2.75) is 31.7 Å². The summed E-state index contributed by atoms with van der Waals surface area (Å²) in [5, 5.41) is 0.